The summed E-state index contributed by atoms with van der Waals surface area (Å²) in [6.45, 7) is 4.68. The fraction of sp³-hybridized carbons (Fsp3) is 0.462. The highest BCUT2D eigenvalue weighted by atomic mass is 32.2. The van der Waals surface area contributed by atoms with Gasteiger partial charge in [0.2, 0.25) is 0 Å². The van der Waals surface area contributed by atoms with Crippen molar-refractivity contribution >= 4 is 29.6 Å². The molecule has 1 aliphatic heterocycles. The van der Waals surface area contributed by atoms with E-state index in [1.165, 1.54) is 24.1 Å². The van der Waals surface area contributed by atoms with Gasteiger partial charge in [0.25, 0.3) is 5.91 Å². The van der Waals surface area contributed by atoms with Crippen LogP contribution in [-0.4, -0.2) is 38.5 Å². The summed E-state index contributed by atoms with van der Waals surface area (Å²) in [7, 11) is 0. The van der Waals surface area contributed by atoms with Gasteiger partial charge >= 0.3 is 0 Å². The molecule has 0 spiro atoms. The molecule has 1 saturated heterocycles. The second-order valence-electron chi connectivity index (χ2n) is 5.02. The SMILES string of the molecule is CC1(C)SCCN(Sc2ccc(F)cc2)C1C(=O)NO. The number of hydroxylamine groups is 1. The maximum absolute atomic E-state index is 12.9. The van der Waals surface area contributed by atoms with Crippen molar-refractivity contribution in [2.24, 2.45) is 0 Å². The van der Waals surface area contributed by atoms with E-state index in [1.807, 2.05) is 18.2 Å². The van der Waals surface area contributed by atoms with Crippen molar-refractivity contribution in [1.29, 1.82) is 0 Å². The van der Waals surface area contributed by atoms with E-state index >= 15 is 0 Å². The number of carbonyl (C=O) groups excluding carboxylic acids is 1. The molecule has 2 N–H and O–H groups in total. The molecule has 1 unspecified atom stereocenters. The van der Waals surface area contributed by atoms with Gasteiger partial charge in [-0.25, -0.2) is 14.2 Å². The van der Waals surface area contributed by atoms with E-state index in [9.17, 15) is 9.18 Å². The van der Waals surface area contributed by atoms with Crippen LogP contribution in [0.3, 0.4) is 0 Å². The first kappa shape index (κ1) is 15.6. The Morgan fingerprint density at radius 1 is 1.50 bits per heavy atom. The third kappa shape index (κ3) is 3.46. The predicted molar refractivity (Wildman–Crippen MR) is 79.2 cm³/mol. The van der Waals surface area contributed by atoms with E-state index in [2.05, 4.69) is 0 Å². The van der Waals surface area contributed by atoms with Crippen LogP contribution in [-0.2, 0) is 4.79 Å². The molecule has 1 amide bonds. The van der Waals surface area contributed by atoms with Crippen LogP contribution in [0.25, 0.3) is 0 Å². The lowest BCUT2D eigenvalue weighted by molar-refractivity contribution is -0.133. The molecule has 1 fully saturated rings. The Bertz CT molecular complexity index is 482. The lowest BCUT2D eigenvalue weighted by atomic mass is 10.0. The number of amides is 1. The molecule has 0 aliphatic carbocycles. The van der Waals surface area contributed by atoms with Gasteiger partial charge in [-0.1, -0.05) is 0 Å². The summed E-state index contributed by atoms with van der Waals surface area (Å²) in [5.74, 6) is 0.196. The second-order valence-corrected chi connectivity index (χ2v) is 7.89. The Morgan fingerprint density at radius 2 is 2.15 bits per heavy atom. The molecule has 110 valence electrons. The van der Waals surface area contributed by atoms with Crippen molar-refractivity contribution in [3.63, 3.8) is 0 Å². The van der Waals surface area contributed by atoms with Crippen molar-refractivity contribution in [1.82, 2.24) is 9.79 Å². The summed E-state index contributed by atoms with van der Waals surface area (Å²) in [5.41, 5.74) is 1.75. The van der Waals surface area contributed by atoms with Crippen LogP contribution in [0.5, 0.6) is 0 Å². The van der Waals surface area contributed by atoms with E-state index in [-0.39, 0.29) is 10.6 Å². The van der Waals surface area contributed by atoms with E-state index < -0.39 is 11.9 Å². The standard InChI is InChI=1S/C13H17FN2O2S2/c1-13(2)11(12(17)15-18)16(7-8-19-13)20-10-5-3-9(14)4-6-10/h3-6,11,18H,7-8H2,1-2H3,(H,15,17). The van der Waals surface area contributed by atoms with Crippen LogP contribution in [0.1, 0.15) is 13.8 Å². The fourth-order valence-corrected chi connectivity index (χ4v) is 4.75. The normalized spacial score (nSPS) is 22.5. The average Bonchev–Trinajstić information content (AvgIpc) is 2.40. The van der Waals surface area contributed by atoms with E-state index in [0.29, 0.717) is 6.54 Å². The molecule has 1 aliphatic rings. The molecule has 2 rings (SSSR count). The maximum atomic E-state index is 12.9. The molecule has 0 saturated carbocycles. The Hall–Kier alpha value is -0.760. The molecule has 7 heteroatoms. The van der Waals surface area contributed by atoms with Crippen molar-refractivity contribution in [2.75, 3.05) is 12.3 Å². The monoisotopic (exact) mass is 316 g/mol. The van der Waals surface area contributed by atoms with Crippen molar-refractivity contribution in [3.8, 4) is 0 Å². The zero-order chi connectivity index (χ0) is 14.8. The van der Waals surface area contributed by atoms with Gasteiger partial charge in [-0.05, 0) is 50.1 Å². The van der Waals surface area contributed by atoms with Gasteiger partial charge in [0.15, 0.2) is 0 Å². The first-order chi connectivity index (χ1) is 9.44. The Balaban J connectivity index is 2.19. The molecule has 20 heavy (non-hydrogen) atoms. The van der Waals surface area contributed by atoms with E-state index in [4.69, 9.17) is 5.21 Å². The number of benzene rings is 1. The molecular formula is C13H17FN2O2S2. The highest BCUT2D eigenvalue weighted by Gasteiger charge is 2.43. The van der Waals surface area contributed by atoms with Gasteiger partial charge in [0.05, 0.1) is 0 Å². The number of hydrogen-bond donors (Lipinski definition) is 2. The summed E-state index contributed by atoms with van der Waals surface area (Å²) in [6, 6.07) is 5.70. The summed E-state index contributed by atoms with van der Waals surface area (Å²) in [4.78, 5) is 12.8. The van der Waals surface area contributed by atoms with Crippen LogP contribution in [0.4, 0.5) is 4.39 Å². The zero-order valence-corrected chi connectivity index (χ0v) is 12.9. The van der Waals surface area contributed by atoms with Crippen LogP contribution >= 0.6 is 23.7 Å². The van der Waals surface area contributed by atoms with Crippen molar-refractivity contribution in [2.45, 2.75) is 29.5 Å². The van der Waals surface area contributed by atoms with Gasteiger partial charge in [-0.2, -0.15) is 11.8 Å². The largest absolute Gasteiger partial charge is 0.289 e. The number of nitrogens with zero attached hydrogens (tertiary/aromatic N) is 1. The van der Waals surface area contributed by atoms with Crippen LogP contribution in [0, 0.1) is 5.82 Å². The lowest BCUT2D eigenvalue weighted by Gasteiger charge is -2.43. The minimum absolute atomic E-state index is 0.284. The Kier molecular flexibility index (Phi) is 4.95. The summed E-state index contributed by atoms with van der Waals surface area (Å²) in [6.07, 6.45) is 0. The average molecular weight is 316 g/mol. The van der Waals surface area contributed by atoms with Crippen molar-refractivity contribution in [3.05, 3.63) is 30.1 Å². The third-order valence-electron chi connectivity index (χ3n) is 3.13. The predicted octanol–water partition coefficient (Wildman–Crippen LogP) is 2.53. The van der Waals surface area contributed by atoms with Gasteiger partial charge in [0, 0.05) is 21.9 Å². The van der Waals surface area contributed by atoms with Crippen LogP contribution < -0.4 is 5.48 Å². The minimum atomic E-state index is -0.457. The number of halogens is 1. The first-order valence-electron chi connectivity index (χ1n) is 6.22. The molecule has 1 aromatic carbocycles. The zero-order valence-electron chi connectivity index (χ0n) is 11.3. The molecule has 4 nitrogen and oxygen atoms in total. The third-order valence-corrected chi connectivity index (χ3v) is 5.59. The molecule has 1 heterocycles. The smallest absolute Gasteiger partial charge is 0.263 e. The molecule has 0 bridgehead atoms. The van der Waals surface area contributed by atoms with E-state index in [0.717, 1.165) is 10.6 Å². The number of carbonyl (C=O) groups is 1. The summed E-state index contributed by atoms with van der Waals surface area (Å²) < 4.78 is 14.6. The summed E-state index contributed by atoms with van der Waals surface area (Å²) >= 11 is 3.11. The second kappa shape index (κ2) is 6.34. The fourth-order valence-electron chi connectivity index (χ4n) is 2.19. The Labute approximate surface area is 126 Å². The molecule has 0 radical (unpaired) electrons. The number of hydrogen-bond acceptors (Lipinski definition) is 5. The van der Waals surface area contributed by atoms with E-state index in [1.54, 1.807) is 29.4 Å². The number of nitrogens with one attached hydrogen (secondary N) is 1. The Morgan fingerprint density at radius 3 is 2.75 bits per heavy atom. The highest BCUT2D eigenvalue weighted by molar-refractivity contribution is 8.01. The summed E-state index contributed by atoms with van der Waals surface area (Å²) in [5, 5.41) is 8.95. The van der Waals surface area contributed by atoms with Gasteiger partial charge in [-0.15, -0.1) is 0 Å². The molecule has 0 aromatic heterocycles. The van der Waals surface area contributed by atoms with Gasteiger partial charge in [0.1, 0.15) is 11.9 Å². The molecule has 1 aromatic rings. The quantitative estimate of drug-likeness (QED) is 0.510. The number of rotatable bonds is 3. The van der Waals surface area contributed by atoms with Gasteiger partial charge in [-0.3, -0.25) is 10.0 Å². The minimum Gasteiger partial charge on any atom is -0.289 e. The topological polar surface area (TPSA) is 52.6 Å². The van der Waals surface area contributed by atoms with Crippen molar-refractivity contribution < 1.29 is 14.4 Å². The highest BCUT2D eigenvalue weighted by Crippen LogP contribution is 2.40. The molecular weight excluding hydrogens is 299 g/mol. The maximum Gasteiger partial charge on any atom is 0.263 e. The van der Waals surface area contributed by atoms with Gasteiger partial charge < -0.3 is 0 Å². The lowest BCUT2D eigenvalue weighted by Crippen LogP contribution is -2.57. The van der Waals surface area contributed by atoms with Crippen LogP contribution in [0.2, 0.25) is 0 Å². The number of thioether (sulfide) groups is 1. The first-order valence-corrected chi connectivity index (χ1v) is 7.98. The molecule has 1 atom stereocenters. The van der Waals surface area contributed by atoms with Crippen LogP contribution in [0.15, 0.2) is 29.2 Å².